The van der Waals surface area contributed by atoms with Crippen LogP contribution in [0.15, 0.2) is 11.6 Å². The van der Waals surface area contributed by atoms with Crippen molar-refractivity contribution in [2.45, 2.75) is 57.8 Å². The highest BCUT2D eigenvalue weighted by Crippen LogP contribution is 2.10. The number of carboxylic acid groups (broad SMARTS) is 2. The molecule has 0 aromatic rings. The second-order valence-corrected chi connectivity index (χ2v) is 4.49. The van der Waals surface area contributed by atoms with Gasteiger partial charge in [-0.15, -0.1) is 0 Å². The number of carboxylic acids is 2. The number of aliphatic carboxylic acids is 2. The quantitative estimate of drug-likeness (QED) is 0.323. The molecule has 19 heavy (non-hydrogen) atoms. The van der Waals surface area contributed by atoms with Gasteiger partial charge in [0.15, 0.2) is 0 Å². The maximum Gasteiger partial charge on any atom is 0.303 e. The van der Waals surface area contributed by atoms with Gasteiger partial charge in [-0.3, -0.25) is 14.4 Å². The molecule has 0 saturated heterocycles. The highest BCUT2D eigenvalue weighted by Gasteiger charge is 2.00. The lowest BCUT2D eigenvalue weighted by Crippen LogP contribution is -1.95. The van der Waals surface area contributed by atoms with Crippen LogP contribution in [0.4, 0.5) is 0 Å². The Kier molecular flexibility index (Phi) is 10.4. The van der Waals surface area contributed by atoms with Crippen LogP contribution in [0.3, 0.4) is 0 Å². The summed E-state index contributed by atoms with van der Waals surface area (Å²) in [6.45, 7) is 0. The van der Waals surface area contributed by atoms with Crippen molar-refractivity contribution in [2.75, 3.05) is 0 Å². The Morgan fingerprint density at radius 1 is 0.789 bits per heavy atom. The minimum atomic E-state index is -0.810. The van der Waals surface area contributed by atoms with E-state index >= 15 is 0 Å². The average Bonchev–Trinajstić information content (AvgIpc) is 2.35. The summed E-state index contributed by atoms with van der Waals surface area (Å²) in [4.78, 5) is 31.4. The number of hydrogen-bond acceptors (Lipinski definition) is 3. The Morgan fingerprint density at radius 2 is 1.32 bits per heavy atom. The first-order chi connectivity index (χ1) is 9.06. The number of hydrogen-bond donors (Lipinski definition) is 2. The molecule has 0 aromatic carbocycles. The smallest absolute Gasteiger partial charge is 0.303 e. The van der Waals surface area contributed by atoms with Crippen molar-refractivity contribution >= 4 is 18.2 Å². The van der Waals surface area contributed by atoms with Crippen molar-refractivity contribution < 1.29 is 24.6 Å². The average molecular weight is 270 g/mol. The SMILES string of the molecule is O=CC(=CCCCCCC(=O)O)CCCCC(=O)O. The van der Waals surface area contributed by atoms with E-state index in [9.17, 15) is 14.4 Å². The fourth-order valence-corrected chi connectivity index (χ4v) is 1.70. The molecule has 2 N–H and O–H groups in total. The van der Waals surface area contributed by atoms with Gasteiger partial charge >= 0.3 is 11.9 Å². The van der Waals surface area contributed by atoms with E-state index in [4.69, 9.17) is 10.2 Å². The minimum absolute atomic E-state index is 0.140. The third-order valence-corrected chi connectivity index (χ3v) is 2.76. The fourth-order valence-electron chi connectivity index (χ4n) is 1.70. The third-order valence-electron chi connectivity index (χ3n) is 2.76. The van der Waals surface area contributed by atoms with Crippen molar-refractivity contribution in [2.24, 2.45) is 0 Å². The maximum atomic E-state index is 10.8. The number of carbonyl (C=O) groups excluding carboxylic acids is 1. The predicted octanol–water partition coefficient (Wildman–Crippen LogP) is 2.79. The molecule has 0 radical (unpaired) electrons. The summed E-state index contributed by atoms with van der Waals surface area (Å²) in [6.07, 6.45) is 8.08. The molecular formula is C14H22O5. The predicted molar refractivity (Wildman–Crippen MR) is 71.0 cm³/mol. The van der Waals surface area contributed by atoms with E-state index in [-0.39, 0.29) is 12.8 Å². The van der Waals surface area contributed by atoms with Crippen LogP contribution in [0.5, 0.6) is 0 Å². The third kappa shape index (κ3) is 12.6. The normalized spacial score (nSPS) is 11.3. The van der Waals surface area contributed by atoms with Crippen molar-refractivity contribution in [3.8, 4) is 0 Å². The van der Waals surface area contributed by atoms with Gasteiger partial charge in [0.25, 0.3) is 0 Å². The minimum Gasteiger partial charge on any atom is -0.481 e. The van der Waals surface area contributed by atoms with E-state index in [1.165, 1.54) is 0 Å². The molecule has 0 aliphatic heterocycles. The van der Waals surface area contributed by atoms with E-state index in [0.717, 1.165) is 25.5 Å². The van der Waals surface area contributed by atoms with E-state index in [0.29, 0.717) is 31.3 Å². The molecule has 0 unspecified atom stereocenters. The monoisotopic (exact) mass is 270 g/mol. The van der Waals surface area contributed by atoms with Crippen LogP contribution in [0, 0.1) is 0 Å². The lowest BCUT2D eigenvalue weighted by molar-refractivity contribution is -0.138. The van der Waals surface area contributed by atoms with E-state index in [2.05, 4.69) is 0 Å². The number of carbonyl (C=O) groups is 3. The molecule has 0 saturated carbocycles. The molecule has 0 fully saturated rings. The van der Waals surface area contributed by atoms with Gasteiger partial charge in [-0.05, 0) is 44.1 Å². The van der Waals surface area contributed by atoms with E-state index in [1.807, 2.05) is 6.08 Å². The topological polar surface area (TPSA) is 91.7 Å². The molecule has 0 atom stereocenters. The molecule has 0 rings (SSSR count). The zero-order valence-corrected chi connectivity index (χ0v) is 11.1. The van der Waals surface area contributed by atoms with Gasteiger partial charge in [0.1, 0.15) is 6.29 Å². The largest absolute Gasteiger partial charge is 0.481 e. The summed E-state index contributed by atoms with van der Waals surface area (Å²) in [5, 5.41) is 16.9. The van der Waals surface area contributed by atoms with Gasteiger partial charge in [0.05, 0.1) is 0 Å². The van der Waals surface area contributed by atoms with Crippen LogP contribution in [-0.4, -0.2) is 28.4 Å². The second-order valence-electron chi connectivity index (χ2n) is 4.49. The zero-order valence-electron chi connectivity index (χ0n) is 11.1. The molecule has 5 heteroatoms. The van der Waals surface area contributed by atoms with E-state index in [1.54, 1.807) is 0 Å². The zero-order chi connectivity index (χ0) is 14.5. The first-order valence-electron chi connectivity index (χ1n) is 6.64. The number of unbranched alkanes of at least 4 members (excludes halogenated alkanes) is 4. The van der Waals surface area contributed by atoms with Crippen molar-refractivity contribution in [3.63, 3.8) is 0 Å². The summed E-state index contributed by atoms with van der Waals surface area (Å²) in [5.74, 6) is -1.59. The highest BCUT2D eigenvalue weighted by atomic mass is 16.4. The van der Waals surface area contributed by atoms with Crippen molar-refractivity contribution in [1.29, 1.82) is 0 Å². The molecular weight excluding hydrogens is 248 g/mol. The van der Waals surface area contributed by atoms with Crippen LogP contribution in [0.25, 0.3) is 0 Å². The first-order valence-corrected chi connectivity index (χ1v) is 6.64. The van der Waals surface area contributed by atoms with Crippen LogP contribution in [0.1, 0.15) is 57.8 Å². The standard InChI is InChI=1S/C14H22O5/c15-11-12(8-5-6-10-14(18)19)7-3-1-2-4-9-13(16)17/h7,11H,1-6,8-10H2,(H,16,17)(H,18,19). The molecule has 108 valence electrons. The van der Waals surface area contributed by atoms with Gasteiger partial charge in [0, 0.05) is 12.8 Å². The number of aldehydes is 1. The van der Waals surface area contributed by atoms with Crippen LogP contribution in [-0.2, 0) is 14.4 Å². The van der Waals surface area contributed by atoms with Crippen molar-refractivity contribution in [1.82, 2.24) is 0 Å². The first kappa shape index (κ1) is 17.4. The van der Waals surface area contributed by atoms with Gasteiger partial charge in [0.2, 0.25) is 0 Å². The summed E-state index contributed by atoms with van der Waals surface area (Å²) in [7, 11) is 0. The lowest BCUT2D eigenvalue weighted by atomic mass is 10.1. The Morgan fingerprint density at radius 3 is 1.84 bits per heavy atom. The van der Waals surface area contributed by atoms with Gasteiger partial charge in [-0.1, -0.05) is 12.5 Å². The Balaban J connectivity index is 3.65. The summed E-state index contributed by atoms with van der Waals surface area (Å²) < 4.78 is 0. The summed E-state index contributed by atoms with van der Waals surface area (Å²) in [6, 6.07) is 0. The molecule has 0 spiro atoms. The molecule has 5 nitrogen and oxygen atoms in total. The highest BCUT2D eigenvalue weighted by molar-refractivity contribution is 5.73. The molecule has 0 aliphatic carbocycles. The molecule has 0 aliphatic rings. The molecule has 0 bridgehead atoms. The number of rotatable bonds is 12. The molecule has 0 heterocycles. The van der Waals surface area contributed by atoms with Crippen LogP contribution >= 0.6 is 0 Å². The summed E-state index contributed by atoms with van der Waals surface area (Å²) >= 11 is 0. The maximum absolute atomic E-state index is 10.8. The fraction of sp³-hybridized carbons (Fsp3) is 0.643. The van der Waals surface area contributed by atoms with Crippen LogP contribution in [0.2, 0.25) is 0 Å². The Labute approximate surface area is 113 Å². The van der Waals surface area contributed by atoms with Crippen LogP contribution < -0.4 is 0 Å². The number of allylic oxidation sites excluding steroid dienone is 2. The van der Waals surface area contributed by atoms with Gasteiger partial charge in [-0.2, -0.15) is 0 Å². The Bertz CT molecular complexity index is 320. The molecule has 0 amide bonds. The Hall–Kier alpha value is -1.65. The van der Waals surface area contributed by atoms with Crippen molar-refractivity contribution in [3.05, 3.63) is 11.6 Å². The van der Waals surface area contributed by atoms with E-state index < -0.39 is 11.9 Å². The lowest BCUT2D eigenvalue weighted by Gasteiger charge is -2.00. The summed E-state index contributed by atoms with van der Waals surface area (Å²) in [5.41, 5.74) is 0.712. The van der Waals surface area contributed by atoms with Gasteiger partial charge in [-0.25, -0.2) is 0 Å². The second kappa shape index (κ2) is 11.4. The van der Waals surface area contributed by atoms with Gasteiger partial charge < -0.3 is 10.2 Å². The molecule has 0 aromatic heterocycles.